The highest BCUT2D eigenvalue weighted by Crippen LogP contribution is 2.24. The molecule has 27 heavy (non-hydrogen) atoms. The Bertz CT molecular complexity index is 905. The van der Waals surface area contributed by atoms with Gasteiger partial charge in [0.15, 0.2) is 0 Å². The van der Waals surface area contributed by atoms with Crippen LogP contribution in [-0.2, 0) is 26.2 Å². The first-order valence-electron chi connectivity index (χ1n) is 8.58. The van der Waals surface area contributed by atoms with Gasteiger partial charge in [0.1, 0.15) is 6.04 Å². The molecule has 0 aliphatic carbocycles. The lowest BCUT2D eigenvalue weighted by Gasteiger charge is -2.29. The third-order valence-corrected chi connectivity index (χ3v) is 5.30. The molecule has 0 spiro atoms. The van der Waals surface area contributed by atoms with E-state index in [2.05, 4.69) is 5.32 Å². The van der Waals surface area contributed by atoms with Crippen molar-refractivity contribution in [2.75, 3.05) is 23.0 Å². The molecule has 0 bridgehead atoms. The Balaban J connectivity index is 2.31. The van der Waals surface area contributed by atoms with E-state index in [0.29, 0.717) is 18.0 Å². The summed E-state index contributed by atoms with van der Waals surface area (Å²) >= 11 is 0. The van der Waals surface area contributed by atoms with Gasteiger partial charge in [-0.1, -0.05) is 18.2 Å². The minimum atomic E-state index is -3.65. The molecular weight excluding hydrogens is 364 g/mol. The summed E-state index contributed by atoms with van der Waals surface area (Å²) in [5, 5.41) is 2.79. The Hall–Kier alpha value is -2.38. The van der Waals surface area contributed by atoms with E-state index in [9.17, 15) is 13.2 Å². The summed E-state index contributed by atoms with van der Waals surface area (Å²) in [6.45, 7) is 5.79. The molecule has 0 fully saturated rings. The summed E-state index contributed by atoms with van der Waals surface area (Å²) in [6, 6.07) is 11.8. The molecule has 1 atom stereocenters. The van der Waals surface area contributed by atoms with Gasteiger partial charge in [0.2, 0.25) is 15.9 Å². The molecule has 7 heteroatoms. The van der Waals surface area contributed by atoms with Gasteiger partial charge < -0.3 is 10.1 Å². The highest BCUT2D eigenvalue weighted by molar-refractivity contribution is 7.92. The van der Waals surface area contributed by atoms with Crippen molar-refractivity contribution in [1.29, 1.82) is 0 Å². The summed E-state index contributed by atoms with van der Waals surface area (Å²) in [5.74, 6) is -0.408. The lowest BCUT2D eigenvalue weighted by atomic mass is 10.1. The molecule has 6 nitrogen and oxygen atoms in total. The lowest BCUT2D eigenvalue weighted by molar-refractivity contribution is -0.116. The van der Waals surface area contributed by atoms with E-state index in [1.165, 1.54) is 0 Å². The van der Waals surface area contributed by atoms with Crippen molar-refractivity contribution in [1.82, 2.24) is 0 Å². The number of sulfonamides is 1. The highest BCUT2D eigenvalue weighted by atomic mass is 32.2. The molecule has 2 rings (SSSR count). The van der Waals surface area contributed by atoms with E-state index in [4.69, 9.17) is 4.74 Å². The van der Waals surface area contributed by atoms with Gasteiger partial charge in [0.05, 0.1) is 18.6 Å². The number of amides is 1. The molecule has 0 aliphatic rings. The number of benzene rings is 2. The molecule has 0 aromatic heterocycles. The van der Waals surface area contributed by atoms with Gasteiger partial charge in [-0.2, -0.15) is 0 Å². The van der Waals surface area contributed by atoms with Crippen LogP contribution >= 0.6 is 0 Å². The number of methoxy groups -OCH3 is 1. The Morgan fingerprint density at radius 1 is 1.15 bits per heavy atom. The monoisotopic (exact) mass is 390 g/mol. The molecule has 0 unspecified atom stereocenters. The standard InChI is InChI=1S/C20H26N2O4S/c1-14-9-15(2)11-19(10-14)22(27(5,24)25)16(3)20(23)21-18-8-6-7-17(12-18)13-26-4/h6-12,16H,13H2,1-5H3,(H,21,23)/t16-/m1/s1. The van der Waals surface area contributed by atoms with Crippen molar-refractivity contribution in [3.8, 4) is 0 Å². The number of carbonyl (C=O) groups is 1. The van der Waals surface area contributed by atoms with Crippen LogP contribution in [0.3, 0.4) is 0 Å². The van der Waals surface area contributed by atoms with Gasteiger partial charge in [-0.25, -0.2) is 8.42 Å². The molecule has 0 radical (unpaired) electrons. The van der Waals surface area contributed by atoms with Gasteiger partial charge in [-0.3, -0.25) is 9.10 Å². The maximum Gasteiger partial charge on any atom is 0.247 e. The number of hydrogen-bond donors (Lipinski definition) is 1. The summed E-state index contributed by atoms with van der Waals surface area (Å²) in [5.41, 5.74) is 3.84. The summed E-state index contributed by atoms with van der Waals surface area (Å²) in [6.07, 6.45) is 1.10. The zero-order valence-corrected chi connectivity index (χ0v) is 17.1. The zero-order valence-electron chi connectivity index (χ0n) is 16.3. The molecule has 0 heterocycles. The molecule has 1 N–H and O–H groups in total. The number of nitrogens with zero attached hydrogens (tertiary/aromatic N) is 1. The number of rotatable bonds is 7. The van der Waals surface area contributed by atoms with E-state index in [1.54, 1.807) is 38.3 Å². The van der Waals surface area contributed by atoms with Gasteiger partial charge in [-0.05, 0) is 61.7 Å². The molecule has 2 aromatic rings. The summed E-state index contributed by atoms with van der Waals surface area (Å²) in [7, 11) is -2.05. The molecule has 0 saturated heterocycles. The molecular formula is C20H26N2O4S. The van der Waals surface area contributed by atoms with Crippen molar-refractivity contribution in [3.05, 3.63) is 59.2 Å². The zero-order chi connectivity index (χ0) is 20.2. The third-order valence-electron chi connectivity index (χ3n) is 4.05. The van der Waals surface area contributed by atoms with Crippen molar-refractivity contribution in [2.45, 2.75) is 33.4 Å². The molecule has 1 amide bonds. The topological polar surface area (TPSA) is 75.7 Å². The SMILES string of the molecule is COCc1cccc(NC(=O)[C@@H](C)N(c2cc(C)cc(C)c2)S(C)(=O)=O)c1. The maximum atomic E-state index is 12.8. The van der Waals surface area contributed by atoms with E-state index in [-0.39, 0.29) is 0 Å². The number of nitrogens with one attached hydrogen (secondary N) is 1. The number of carbonyl (C=O) groups excluding carboxylic acids is 1. The van der Waals surface area contributed by atoms with Crippen LogP contribution in [0, 0.1) is 13.8 Å². The van der Waals surface area contributed by atoms with E-state index >= 15 is 0 Å². The highest BCUT2D eigenvalue weighted by Gasteiger charge is 2.29. The van der Waals surface area contributed by atoms with Crippen LogP contribution in [0.2, 0.25) is 0 Å². The van der Waals surface area contributed by atoms with Crippen molar-refractivity contribution in [3.63, 3.8) is 0 Å². The average Bonchev–Trinajstić information content (AvgIpc) is 2.53. The van der Waals surface area contributed by atoms with Gasteiger partial charge in [0.25, 0.3) is 0 Å². The van der Waals surface area contributed by atoms with E-state index in [0.717, 1.165) is 27.3 Å². The molecule has 0 saturated carbocycles. The van der Waals surface area contributed by atoms with Crippen LogP contribution < -0.4 is 9.62 Å². The van der Waals surface area contributed by atoms with Crippen LogP contribution in [-0.4, -0.2) is 33.7 Å². The predicted molar refractivity (Wildman–Crippen MR) is 108 cm³/mol. The number of anilines is 2. The van der Waals surface area contributed by atoms with Crippen LogP contribution in [0.15, 0.2) is 42.5 Å². The second-order valence-electron chi connectivity index (χ2n) is 6.70. The average molecular weight is 391 g/mol. The van der Waals surface area contributed by atoms with Crippen LogP contribution in [0.4, 0.5) is 11.4 Å². The summed E-state index contributed by atoms with van der Waals surface area (Å²) in [4.78, 5) is 12.8. The predicted octanol–water partition coefficient (Wildman–Crippen LogP) is 3.24. The Morgan fingerprint density at radius 3 is 2.33 bits per heavy atom. The van der Waals surface area contributed by atoms with Crippen LogP contribution in [0.1, 0.15) is 23.6 Å². The fourth-order valence-corrected chi connectivity index (χ4v) is 4.20. The largest absolute Gasteiger partial charge is 0.380 e. The number of hydrogen-bond acceptors (Lipinski definition) is 4. The first kappa shape index (κ1) is 20.9. The Kier molecular flexibility index (Phi) is 6.62. The number of ether oxygens (including phenoxy) is 1. The molecule has 2 aromatic carbocycles. The smallest absolute Gasteiger partial charge is 0.247 e. The maximum absolute atomic E-state index is 12.8. The van der Waals surface area contributed by atoms with Crippen molar-refractivity contribution >= 4 is 27.3 Å². The van der Waals surface area contributed by atoms with E-state index in [1.807, 2.05) is 32.0 Å². The first-order valence-corrected chi connectivity index (χ1v) is 10.4. The van der Waals surface area contributed by atoms with Crippen molar-refractivity contribution in [2.24, 2.45) is 0 Å². The second-order valence-corrected chi connectivity index (χ2v) is 8.56. The van der Waals surface area contributed by atoms with Crippen LogP contribution in [0.5, 0.6) is 0 Å². The molecule has 146 valence electrons. The number of aryl methyl sites for hydroxylation is 2. The fourth-order valence-electron chi connectivity index (χ4n) is 3.04. The summed E-state index contributed by atoms with van der Waals surface area (Å²) < 4.78 is 31.1. The Labute approximate surface area is 161 Å². The normalized spacial score (nSPS) is 12.5. The third kappa shape index (κ3) is 5.55. The first-order chi connectivity index (χ1) is 12.6. The molecule has 0 aliphatic heterocycles. The fraction of sp³-hybridized carbons (Fsp3) is 0.350. The minimum Gasteiger partial charge on any atom is -0.380 e. The lowest BCUT2D eigenvalue weighted by Crippen LogP contribution is -2.45. The quantitative estimate of drug-likeness (QED) is 0.787. The Morgan fingerprint density at radius 2 is 1.78 bits per heavy atom. The minimum absolute atomic E-state index is 0.408. The second kappa shape index (κ2) is 8.54. The van der Waals surface area contributed by atoms with Gasteiger partial charge in [-0.15, -0.1) is 0 Å². The van der Waals surface area contributed by atoms with Crippen LogP contribution in [0.25, 0.3) is 0 Å². The van der Waals surface area contributed by atoms with Crippen molar-refractivity contribution < 1.29 is 17.9 Å². The van der Waals surface area contributed by atoms with Gasteiger partial charge in [0, 0.05) is 12.8 Å². The van der Waals surface area contributed by atoms with E-state index < -0.39 is 22.0 Å². The van der Waals surface area contributed by atoms with Gasteiger partial charge >= 0.3 is 0 Å².